The van der Waals surface area contributed by atoms with E-state index in [1.165, 1.54) is 71.1 Å². The molecule has 0 spiro atoms. The van der Waals surface area contributed by atoms with E-state index in [1.807, 2.05) is 0 Å². The molecule has 2 rings (SSSR count). The quantitative estimate of drug-likeness (QED) is 0.214. The summed E-state index contributed by atoms with van der Waals surface area (Å²) in [5, 5.41) is 0.165. The Kier molecular flexibility index (Phi) is 11.6. The van der Waals surface area contributed by atoms with Crippen LogP contribution in [0.3, 0.4) is 0 Å². The number of carbonyl (C=O) groups is 1. The van der Waals surface area contributed by atoms with E-state index in [4.69, 9.17) is 4.43 Å². The van der Waals surface area contributed by atoms with Crippen LogP contribution < -0.4 is 0 Å². The first kappa shape index (κ1) is 29.5. The summed E-state index contributed by atoms with van der Waals surface area (Å²) in [6.45, 7) is 18.8. The summed E-state index contributed by atoms with van der Waals surface area (Å²) in [6.07, 6.45) is 16.4. The minimum absolute atomic E-state index is 0.165. The van der Waals surface area contributed by atoms with Crippen LogP contribution in [0.5, 0.6) is 0 Å². The van der Waals surface area contributed by atoms with Crippen molar-refractivity contribution in [2.75, 3.05) is 0 Å². The molecule has 192 valence electrons. The van der Waals surface area contributed by atoms with E-state index in [2.05, 4.69) is 60.7 Å². The first-order chi connectivity index (χ1) is 15.5. The number of carbonyl (C=O) groups excluding carboxylic acids is 1. The molecule has 0 heterocycles. The fourth-order valence-corrected chi connectivity index (χ4v) is 26.7. The number of hydrogen-bond acceptors (Lipinski definition) is 2. The van der Waals surface area contributed by atoms with Crippen LogP contribution in [0.1, 0.15) is 112 Å². The van der Waals surface area contributed by atoms with Crippen molar-refractivity contribution in [3.63, 3.8) is 0 Å². The van der Waals surface area contributed by atoms with E-state index in [0.717, 1.165) is 12.2 Å². The molecule has 0 aliphatic heterocycles. The Bertz CT molecular complexity index is 627. The second-order valence-corrected chi connectivity index (χ2v) is 31.6. The van der Waals surface area contributed by atoms with Gasteiger partial charge in [-0.15, -0.1) is 0 Å². The molecule has 0 unspecified atom stereocenters. The van der Waals surface area contributed by atoms with Gasteiger partial charge < -0.3 is 0 Å². The van der Waals surface area contributed by atoms with Gasteiger partial charge in [0, 0.05) is 0 Å². The van der Waals surface area contributed by atoms with Crippen LogP contribution in [0.15, 0.2) is 11.8 Å². The van der Waals surface area contributed by atoms with Gasteiger partial charge in [-0.25, -0.2) is 0 Å². The Morgan fingerprint density at radius 3 is 1.94 bits per heavy atom. The molecular formula is C29H56O2SiSn. The van der Waals surface area contributed by atoms with Crippen LogP contribution in [0.2, 0.25) is 35.4 Å². The van der Waals surface area contributed by atoms with E-state index >= 15 is 0 Å². The van der Waals surface area contributed by atoms with Crippen LogP contribution in [-0.4, -0.2) is 32.5 Å². The van der Waals surface area contributed by atoms with Crippen LogP contribution in [0.4, 0.5) is 0 Å². The zero-order chi connectivity index (χ0) is 24.7. The van der Waals surface area contributed by atoms with Crippen LogP contribution in [0.25, 0.3) is 0 Å². The Balaban J connectivity index is 2.58. The zero-order valence-electron chi connectivity index (χ0n) is 23.5. The number of ketones is 1. The number of Topliss-reactive ketones (excluding diaryl/α,β-unsaturated/α-hetero) is 1. The molecule has 2 aliphatic rings. The minimum atomic E-state index is -2.56. The van der Waals surface area contributed by atoms with Crippen molar-refractivity contribution in [1.82, 2.24) is 0 Å². The fourth-order valence-electron chi connectivity index (χ4n) is 6.32. The van der Waals surface area contributed by atoms with Gasteiger partial charge in [-0.3, -0.25) is 0 Å². The molecular weight excluding hydrogens is 527 g/mol. The molecule has 0 bridgehead atoms. The zero-order valence-corrected chi connectivity index (χ0v) is 27.4. The van der Waals surface area contributed by atoms with Gasteiger partial charge in [-0.05, 0) is 0 Å². The predicted octanol–water partition coefficient (Wildman–Crippen LogP) is 9.89. The monoisotopic (exact) mass is 584 g/mol. The van der Waals surface area contributed by atoms with Crippen molar-refractivity contribution in [2.24, 2.45) is 11.8 Å². The van der Waals surface area contributed by atoms with E-state index in [-0.39, 0.29) is 5.04 Å². The van der Waals surface area contributed by atoms with Crippen molar-refractivity contribution in [3.05, 3.63) is 11.8 Å². The normalized spacial score (nSPS) is 24.8. The summed E-state index contributed by atoms with van der Waals surface area (Å²) in [5.74, 6) is 2.53. The van der Waals surface area contributed by atoms with E-state index in [0.29, 0.717) is 28.0 Å². The predicted molar refractivity (Wildman–Crippen MR) is 150 cm³/mol. The fraction of sp³-hybridized carbons (Fsp3) is 0.897. The van der Waals surface area contributed by atoms with E-state index in [1.54, 1.807) is 0 Å². The number of allylic oxidation sites excluding steroid dienone is 2. The third kappa shape index (κ3) is 7.60. The van der Waals surface area contributed by atoms with Crippen LogP contribution >= 0.6 is 0 Å². The molecule has 4 heteroatoms. The molecule has 0 radical (unpaired) electrons. The van der Waals surface area contributed by atoms with Gasteiger partial charge in [-0.1, -0.05) is 0 Å². The average Bonchev–Trinajstić information content (AvgIpc) is 2.89. The molecule has 33 heavy (non-hydrogen) atoms. The van der Waals surface area contributed by atoms with Gasteiger partial charge >= 0.3 is 213 Å². The molecule has 0 N–H and O–H groups in total. The molecule has 0 aromatic rings. The molecule has 2 aliphatic carbocycles. The summed E-state index contributed by atoms with van der Waals surface area (Å²) in [4.78, 5) is 13.6. The summed E-state index contributed by atoms with van der Waals surface area (Å²) < 4.78 is 12.2. The molecule has 2 nitrogen and oxygen atoms in total. The number of fused-ring (bicyclic) bond motifs is 1. The topological polar surface area (TPSA) is 26.3 Å². The molecule has 1 saturated carbocycles. The van der Waals surface area contributed by atoms with E-state index in [9.17, 15) is 4.79 Å². The summed E-state index contributed by atoms with van der Waals surface area (Å²) in [7, 11) is -1.96. The second kappa shape index (κ2) is 13.0. The van der Waals surface area contributed by atoms with Gasteiger partial charge in [-0.2, -0.15) is 0 Å². The molecule has 0 saturated heterocycles. The van der Waals surface area contributed by atoms with Gasteiger partial charge in [0.05, 0.1) is 0 Å². The van der Waals surface area contributed by atoms with Crippen molar-refractivity contribution >= 4 is 32.5 Å². The van der Waals surface area contributed by atoms with Crippen molar-refractivity contribution < 1.29 is 9.22 Å². The van der Waals surface area contributed by atoms with Crippen molar-refractivity contribution in [2.45, 2.75) is 148 Å². The standard InChI is InChI=1S/C17H29O2Si.3C4H9.Sn/c1-17(2,3)20(4,5)19-14-11-10-13-8-6-7-9-15(13)16(18)12-14;3*1-3-4-2;/h10-11,13,15H,6-9,12H2,1-5H3;3*1,3-4H2,2H3;/t13-,15-;;;;/m1..../s1. The first-order valence-electron chi connectivity index (χ1n) is 14.4. The molecule has 0 amide bonds. The maximum atomic E-state index is 13.6. The third-order valence-corrected chi connectivity index (χ3v) is 31.1. The summed E-state index contributed by atoms with van der Waals surface area (Å²) in [6, 6.07) is 0. The Morgan fingerprint density at radius 1 is 0.939 bits per heavy atom. The van der Waals surface area contributed by atoms with Crippen LogP contribution in [0, 0.1) is 11.8 Å². The first-order valence-corrected chi connectivity index (χ1v) is 25.0. The number of hydrogen-bond donors (Lipinski definition) is 0. The second-order valence-electron chi connectivity index (χ2n) is 12.9. The molecule has 1 fully saturated rings. The Morgan fingerprint density at radius 2 is 1.45 bits per heavy atom. The molecule has 0 aromatic carbocycles. The number of rotatable bonds is 12. The van der Waals surface area contributed by atoms with Crippen molar-refractivity contribution in [1.29, 1.82) is 0 Å². The van der Waals surface area contributed by atoms with Crippen LogP contribution in [-0.2, 0) is 9.22 Å². The maximum absolute atomic E-state index is 13.6. The van der Waals surface area contributed by atoms with Gasteiger partial charge in [0.15, 0.2) is 0 Å². The Hall–Kier alpha value is 0.226. The summed E-state index contributed by atoms with van der Waals surface area (Å²) in [5.41, 5.74) is 0. The molecule has 0 aromatic heterocycles. The van der Waals surface area contributed by atoms with Gasteiger partial charge in [0.1, 0.15) is 0 Å². The van der Waals surface area contributed by atoms with Crippen molar-refractivity contribution in [3.8, 4) is 0 Å². The SMILES string of the molecule is CCC[CH2][Sn]([CH2]CCC)([CH2]CCC)[C@@H]1C=C(O[Si](C)(C)C(C)(C)C)CC(=O)[C@@H]2CCCC[C@H]12. The number of unbranched alkanes of at least 4 members (excludes halogenated alkanes) is 3. The molecule has 3 atom stereocenters. The van der Waals surface area contributed by atoms with Gasteiger partial charge in [0.2, 0.25) is 0 Å². The Labute approximate surface area is 212 Å². The van der Waals surface area contributed by atoms with Gasteiger partial charge in [0.25, 0.3) is 0 Å². The summed E-state index contributed by atoms with van der Waals surface area (Å²) >= 11 is -2.56. The average molecular weight is 584 g/mol. The third-order valence-electron chi connectivity index (χ3n) is 9.39. The van der Waals surface area contributed by atoms with E-state index < -0.39 is 26.7 Å².